The van der Waals surface area contributed by atoms with E-state index in [2.05, 4.69) is 41.5 Å². The lowest BCUT2D eigenvalue weighted by Crippen LogP contribution is -2.30. The average Bonchev–Trinajstić information content (AvgIpc) is 3.22. The van der Waals surface area contributed by atoms with Gasteiger partial charge in [-0.1, -0.05) is 247 Å². The molecule has 0 fully saturated rings. The van der Waals surface area contributed by atoms with Crippen molar-refractivity contribution in [3.63, 3.8) is 0 Å². The zero-order chi connectivity index (χ0) is 43.4. The van der Waals surface area contributed by atoms with Gasteiger partial charge >= 0.3 is 17.9 Å². The molecular weight excluding hydrogens is 733 g/mol. The van der Waals surface area contributed by atoms with Crippen molar-refractivity contribution in [1.29, 1.82) is 0 Å². The Kier molecular flexibility index (Phi) is 43.3. The first-order chi connectivity index (χ1) is 28.7. The van der Waals surface area contributed by atoms with Crippen LogP contribution in [0.5, 0.6) is 0 Å². The predicted octanol–water partition coefficient (Wildman–Crippen LogP) is 16.8. The Balaban J connectivity index is 4.26. The molecule has 6 heteroatoms. The van der Waals surface area contributed by atoms with Gasteiger partial charge in [0.25, 0.3) is 0 Å². The standard InChI is InChI=1S/C53H102O6/c1-7-48(5)40-34-28-22-18-13-11-9-10-12-14-19-23-30-36-42-51(54)57-45-50(59-53(56)44-38-32-26-25-29-35-41-49(6)8-2)46-58-52(55)43-37-31-24-20-16-15-17-21-27-33-39-47(3)4/h47-50H,7-46H2,1-6H3/t48?,49?,50-/m1/s1. The lowest BCUT2D eigenvalue weighted by molar-refractivity contribution is -0.167. The number of carbonyl (C=O) groups excluding carboxylic acids is 3. The smallest absolute Gasteiger partial charge is 0.306 e. The molecule has 0 aliphatic carbocycles. The molecule has 0 amide bonds. The molecule has 59 heavy (non-hydrogen) atoms. The van der Waals surface area contributed by atoms with E-state index in [4.69, 9.17) is 14.2 Å². The Bertz CT molecular complexity index is 918. The Morgan fingerprint density at radius 2 is 0.593 bits per heavy atom. The van der Waals surface area contributed by atoms with Crippen LogP contribution in [0.3, 0.4) is 0 Å². The van der Waals surface area contributed by atoms with Crippen LogP contribution in [0.4, 0.5) is 0 Å². The van der Waals surface area contributed by atoms with Crippen molar-refractivity contribution in [2.24, 2.45) is 17.8 Å². The third kappa shape index (κ3) is 44.3. The fraction of sp³-hybridized carbons (Fsp3) is 0.943. The van der Waals surface area contributed by atoms with Gasteiger partial charge in [-0.05, 0) is 37.0 Å². The minimum atomic E-state index is -0.763. The average molecular weight is 835 g/mol. The molecule has 0 aromatic rings. The normalized spacial score (nSPS) is 13.1. The van der Waals surface area contributed by atoms with Gasteiger partial charge in [0.15, 0.2) is 6.10 Å². The molecule has 0 radical (unpaired) electrons. The molecule has 0 aromatic heterocycles. The van der Waals surface area contributed by atoms with Crippen molar-refractivity contribution < 1.29 is 28.6 Å². The third-order valence-electron chi connectivity index (χ3n) is 12.6. The molecule has 0 saturated carbocycles. The topological polar surface area (TPSA) is 78.9 Å². The highest BCUT2D eigenvalue weighted by Gasteiger charge is 2.19. The van der Waals surface area contributed by atoms with E-state index in [1.54, 1.807) is 0 Å². The van der Waals surface area contributed by atoms with Gasteiger partial charge in [-0.25, -0.2) is 0 Å². The summed E-state index contributed by atoms with van der Waals surface area (Å²) in [4.78, 5) is 37.9. The summed E-state index contributed by atoms with van der Waals surface area (Å²) in [6.45, 7) is 13.7. The Hall–Kier alpha value is -1.59. The summed E-state index contributed by atoms with van der Waals surface area (Å²) in [5.41, 5.74) is 0. The maximum absolute atomic E-state index is 12.7. The highest BCUT2D eigenvalue weighted by atomic mass is 16.6. The van der Waals surface area contributed by atoms with Gasteiger partial charge in [0.1, 0.15) is 13.2 Å². The Morgan fingerprint density at radius 1 is 0.339 bits per heavy atom. The molecular formula is C53H102O6. The minimum absolute atomic E-state index is 0.0655. The van der Waals surface area contributed by atoms with Gasteiger partial charge in [-0.15, -0.1) is 0 Å². The zero-order valence-corrected chi connectivity index (χ0v) is 40.5. The molecule has 0 N–H and O–H groups in total. The van der Waals surface area contributed by atoms with E-state index in [0.29, 0.717) is 19.3 Å². The van der Waals surface area contributed by atoms with Gasteiger partial charge < -0.3 is 14.2 Å². The zero-order valence-electron chi connectivity index (χ0n) is 40.5. The molecule has 350 valence electrons. The fourth-order valence-corrected chi connectivity index (χ4v) is 7.87. The lowest BCUT2D eigenvalue weighted by atomic mass is 9.99. The van der Waals surface area contributed by atoms with Crippen LogP contribution in [-0.2, 0) is 28.6 Å². The molecule has 0 aliphatic rings. The Labute approximate surface area is 368 Å². The SMILES string of the molecule is CCC(C)CCCCCCCCCCCCCCCCC(=O)OC[C@H](COC(=O)CCCCCCCCCCCCC(C)C)OC(=O)CCCCCCCCC(C)CC. The largest absolute Gasteiger partial charge is 0.462 e. The molecule has 0 aromatic carbocycles. The molecule has 2 unspecified atom stereocenters. The summed E-state index contributed by atoms with van der Waals surface area (Å²) in [5.74, 6) is 1.67. The first kappa shape index (κ1) is 57.4. The van der Waals surface area contributed by atoms with Crippen LogP contribution in [-0.4, -0.2) is 37.2 Å². The summed E-state index contributed by atoms with van der Waals surface area (Å²) in [7, 11) is 0. The van der Waals surface area contributed by atoms with Crippen molar-refractivity contribution in [1.82, 2.24) is 0 Å². The van der Waals surface area contributed by atoms with Crippen molar-refractivity contribution >= 4 is 17.9 Å². The van der Waals surface area contributed by atoms with E-state index in [-0.39, 0.29) is 31.1 Å². The van der Waals surface area contributed by atoms with Gasteiger partial charge in [-0.3, -0.25) is 14.4 Å². The van der Waals surface area contributed by atoms with E-state index in [9.17, 15) is 14.4 Å². The first-order valence-corrected chi connectivity index (χ1v) is 26.2. The van der Waals surface area contributed by atoms with Crippen LogP contribution < -0.4 is 0 Å². The second-order valence-electron chi connectivity index (χ2n) is 19.1. The Morgan fingerprint density at radius 3 is 0.881 bits per heavy atom. The highest BCUT2D eigenvalue weighted by molar-refractivity contribution is 5.71. The second kappa shape index (κ2) is 44.5. The van der Waals surface area contributed by atoms with E-state index in [1.807, 2.05) is 0 Å². The molecule has 0 bridgehead atoms. The molecule has 0 aliphatic heterocycles. The maximum atomic E-state index is 12.7. The monoisotopic (exact) mass is 835 g/mol. The second-order valence-corrected chi connectivity index (χ2v) is 19.1. The summed E-state index contributed by atoms with van der Waals surface area (Å²) >= 11 is 0. The van der Waals surface area contributed by atoms with Crippen LogP contribution in [0.25, 0.3) is 0 Å². The third-order valence-corrected chi connectivity index (χ3v) is 12.6. The highest BCUT2D eigenvalue weighted by Crippen LogP contribution is 2.18. The van der Waals surface area contributed by atoms with Crippen LogP contribution in [0.1, 0.15) is 286 Å². The molecule has 0 saturated heterocycles. The summed E-state index contributed by atoms with van der Waals surface area (Å²) in [5, 5.41) is 0. The molecule has 0 spiro atoms. The van der Waals surface area contributed by atoms with Gasteiger partial charge in [-0.2, -0.15) is 0 Å². The van der Waals surface area contributed by atoms with Crippen LogP contribution in [0.15, 0.2) is 0 Å². The molecule has 0 heterocycles. The molecule has 6 nitrogen and oxygen atoms in total. The van der Waals surface area contributed by atoms with E-state index >= 15 is 0 Å². The number of carbonyl (C=O) groups is 3. The fourth-order valence-electron chi connectivity index (χ4n) is 7.87. The number of esters is 3. The number of hydrogen-bond donors (Lipinski definition) is 0. The van der Waals surface area contributed by atoms with Gasteiger partial charge in [0.2, 0.25) is 0 Å². The minimum Gasteiger partial charge on any atom is -0.462 e. The summed E-state index contributed by atoms with van der Waals surface area (Å²) in [6.07, 6.45) is 43.7. The van der Waals surface area contributed by atoms with E-state index < -0.39 is 6.10 Å². The molecule has 3 atom stereocenters. The van der Waals surface area contributed by atoms with Crippen molar-refractivity contribution in [2.45, 2.75) is 292 Å². The summed E-state index contributed by atoms with van der Waals surface area (Å²) < 4.78 is 16.8. The van der Waals surface area contributed by atoms with Crippen molar-refractivity contribution in [2.75, 3.05) is 13.2 Å². The molecule has 0 rings (SSSR count). The first-order valence-electron chi connectivity index (χ1n) is 26.2. The van der Waals surface area contributed by atoms with E-state index in [1.165, 1.54) is 167 Å². The lowest BCUT2D eigenvalue weighted by Gasteiger charge is -2.18. The van der Waals surface area contributed by atoms with Crippen molar-refractivity contribution in [3.05, 3.63) is 0 Å². The van der Waals surface area contributed by atoms with Gasteiger partial charge in [0.05, 0.1) is 0 Å². The number of hydrogen-bond acceptors (Lipinski definition) is 6. The number of rotatable bonds is 46. The summed E-state index contributed by atoms with van der Waals surface area (Å²) in [6, 6.07) is 0. The quantitative estimate of drug-likeness (QED) is 0.0345. The number of ether oxygens (including phenoxy) is 3. The van der Waals surface area contributed by atoms with Crippen LogP contribution in [0.2, 0.25) is 0 Å². The predicted molar refractivity (Wildman–Crippen MR) is 252 cm³/mol. The maximum Gasteiger partial charge on any atom is 0.306 e. The number of unbranched alkanes of at least 4 members (excludes halogenated alkanes) is 27. The van der Waals surface area contributed by atoms with Crippen molar-refractivity contribution in [3.8, 4) is 0 Å². The van der Waals surface area contributed by atoms with Crippen LogP contribution in [0, 0.1) is 17.8 Å². The van der Waals surface area contributed by atoms with Gasteiger partial charge in [0, 0.05) is 19.3 Å². The van der Waals surface area contributed by atoms with E-state index in [0.717, 1.165) is 75.5 Å². The van der Waals surface area contributed by atoms with Crippen LogP contribution >= 0.6 is 0 Å².